The summed E-state index contributed by atoms with van der Waals surface area (Å²) in [5.41, 5.74) is 3.94. The van der Waals surface area contributed by atoms with Crippen LogP contribution in [-0.2, 0) is 17.7 Å². The molecule has 0 amide bonds. The van der Waals surface area contributed by atoms with Crippen LogP contribution in [0.2, 0.25) is 0 Å². The number of rotatable bonds is 5. The Kier molecular flexibility index (Phi) is 5.39. The fourth-order valence-electron chi connectivity index (χ4n) is 3.17. The van der Waals surface area contributed by atoms with Gasteiger partial charge in [0.15, 0.2) is 0 Å². The molecule has 0 radical (unpaired) electrons. The van der Waals surface area contributed by atoms with Gasteiger partial charge in [0.25, 0.3) is 0 Å². The molecule has 5 nitrogen and oxygen atoms in total. The topological polar surface area (TPSA) is 51.7 Å². The summed E-state index contributed by atoms with van der Waals surface area (Å²) in [6, 6.07) is 3.90. The Labute approximate surface area is 152 Å². The maximum Gasteiger partial charge on any atom is 0.337 e. The maximum atomic E-state index is 12.0. The lowest BCUT2D eigenvalue weighted by Crippen LogP contribution is -2.24. The minimum absolute atomic E-state index is 0.143. The summed E-state index contributed by atoms with van der Waals surface area (Å²) in [7, 11) is 3.49. The number of aryl methyl sites for hydroxylation is 1. The number of aromatic nitrogens is 1. The van der Waals surface area contributed by atoms with Gasteiger partial charge in [-0.2, -0.15) is 0 Å². The van der Waals surface area contributed by atoms with Gasteiger partial charge in [-0.25, -0.2) is 9.78 Å². The van der Waals surface area contributed by atoms with Gasteiger partial charge in [0.05, 0.1) is 25.8 Å². The van der Waals surface area contributed by atoms with Crippen LogP contribution in [0.5, 0.6) is 5.75 Å². The predicted molar refractivity (Wildman–Crippen MR) is 98.3 cm³/mol. The average molecular weight is 360 g/mol. The Morgan fingerprint density at radius 3 is 2.96 bits per heavy atom. The Balaban J connectivity index is 1.91. The van der Waals surface area contributed by atoms with E-state index in [2.05, 4.69) is 29.2 Å². The molecular weight excluding hydrogens is 336 g/mol. The van der Waals surface area contributed by atoms with Crippen LogP contribution in [-0.4, -0.2) is 36.6 Å². The number of hydrogen-bond acceptors (Lipinski definition) is 6. The standard InChI is InChI=1S/C19H24N2O3S/c1-12-11-25-18(20-12)10-21(3)13(2)16-8-14(19(22)23-4)9-17-15(16)6-5-7-24-17/h8-9,11,13H,5-7,10H2,1-4H3. The summed E-state index contributed by atoms with van der Waals surface area (Å²) in [5.74, 6) is 0.484. The van der Waals surface area contributed by atoms with Gasteiger partial charge in [0.2, 0.25) is 0 Å². The second-order valence-electron chi connectivity index (χ2n) is 6.46. The van der Waals surface area contributed by atoms with Gasteiger partial charge in [-0.3, -0.25) is 4.90 Å². The van der Waals surface area contributed by atoms with E-state index in [1.807, 2.05) is 13.0 Å². The van der Waals surface area contributed by atoms with Crippen LogP contribution in [0.25, 0.3) is 0 Å². The van der Waals surface area contributed by atoms with Crippen LogP contribution in [0.15, 0.2) is 17.5 Å². The molecule has 2 heterocycles. The van der Waals surface area contributed by atoms with Crippen molar-refractivity contribution in [2.75, 3.05) is 20.8 Å². The van der Waals surface area contributed by atoms with Crippen LogP contribution in [0, 0.1) is 6.92 Å². The van der Waals surface area contributed by atoms with Crippen LogP contribution < -0.4 is 4.74 Å². The summed E-state index contributed by atoms with van der Waals surface area (Å²) in [6.07, 6.45) is 1.97. The summed E-state index contributed by atoms with van der Waals surface area (Å²) in [5, 5.41) is 3.17. The van der Waals surface area contributed by atoms with Gasteiger partial charge in [-0.15, -0.1) is 11.3 Å². The number of methoxy groups -OCH3 is 1. The van der Waals surface area contributed by atoms with E-state index in [0.29, 0.717) is 12.2 Å². The Morgan fingerprint density at radius 2 is 2.28 bits per heavy atom. The molecule has 3 rings (SSSR count). The molecule has 0 aliphatic carbocycles. The van der Waals surface area contributed by atoms with Gasteiger partial charge in [-0.05, 0) is 57.0 Å². The SMILES string of the molecule is COC(=O)c1cc2c(c(C(C)N(C)Cc3nc(C)cs3)c1)CCCO2. The van der Waals surface area contributed by atoms with Crippen LogP contribution >= 0.6 is 11.3 Å². The normalized spacial score (nSPS) is 14.8. The minimum atomic E-state index is -0.330. The first-order valence-electron chi connectivity index (χ1n) is 8.48. The molecule has 0 fully saturated rings. The molecule has 6 heteroatoms. The zero-order valence-electron chi connectivity index (χ0n) is 15.2. The first-order chi connectivity index (χ1) is 12.0. The van der Waals surface area contributed by atoms with Crippen LogP contribution in [0.3, 0.4) is 0 Å². The molecule has 0 bridgehead atoms. The number of benzene rings is 1. The molecule has 2 aromatic rings. The molecule has 1 aromatic carbocycles. The van der Waals surface area contributed by atoms with Crippen molar-refractivity contribution in [3.8, 4) is 5.75 Å². The third-order valence-corrected chi connectivity index (χ3v) is 5.61. The van der Waals surface area contributed by atoms with Gasteiger partial charge < -0.3 is 9.47 Å². The summed E-state index contributed by atoms with van der Waals surface area (Å²) >= 11 is 1.68. The second-order valence-corrected chi connectivity index (χ2v) is 7.40. The lowest BCUT2D eigenvalue weighted by Gasteiger charge is -2.29. The van der Waals surface area contributed by atoms with Gasteiger partial charge in [0.1, 0.15) is 10.8 Å². The Morgan fingerprint density at radius 1 is 1.48 bits per heavy atom. The lowest BCUT2D eigenvalue weighted by atomic mass is 9.92. The summed E-state index contributed by atoms with van der Waals surface area (Å²) in [4.78, 5) is 18.8. The highest BCUT2D eigenvalue weighted by molar-refractivity contribution is 7.09. The number of hydrogen-bond donors (Lipinski definition) is 0. The first-order valence-corrected chi connectivity index (χ1v) is 9.36. The van der Waals surface area contributed by atoms with Crippen molar-refractivity contribution >= 4 is 17.3 Å². The largest absolute Gasteiger partial charge is 0.493 e. The van der Waals surface area contributed by atoms with E-state index < -0.39 is 0 Å². The fraction of sp³-hybridized carbons (Fsp3) is 0.474. The lowest BCUT2D eigenvalue weighted by molar-refractivity contribution is 0.0599. The minimum Gasteiger partial charge on any atom is -0.493 e. The van der Waals surface area contributed by atoms with Crippen molar-refractivity contribution in [2.24, 2.45) is 0 Å². The van der Waals surface area contributed by atoms with Gasteiger partial charge in [0, 0.05) is 17.1 Å². The number of carbonyl (C=O) groups excluding carboxylic acids is 1. The van der Waals surface area contributed by atoms with E-state index in [1.54, 1.807) is 17.4 Å². The first kappa shape index (κ1) is 17.9. The summed E-state index contributed by atoms with van der Waals surface area (Å²) in [6.45, 7) is 5.64. The predicted octanol–water partition coefficient (Wildman–Crippen LogP) is 3.76. The van der Waals surface area contributed by atoms with E-state index in [4.69, 9.17) is 9.47 Å². The number of nitrogens with zero attached hydrogens (tertiary/aromatic N) is 2. The van der Waals surface area contributed by atoms with Crippen molar-refractivity contribution in [3.63, 3.8) is 0 Å². The van der Waals surface area contributed by atoms with E-state index in [9.17, 15) is 4.79 Å². The molecule has 25 heavy (non-hydrogen) atoms. The zero-order chi connectivity index (χ0) is 18.0. The van der Waals surface area contributed by atoms with Crippen LogP contribution in [0.4, 0.5) is 0 Å². The van der Waals surface area contributed by atoms with E-state index in [1.165, 1.54) is 12.7 Å². The van der Waals surface area contributed by atoms with E-state index in [-0.39, 0.29) is 12.0 Å². The van der Waals surface area contributed by atoms with Crippen molar-refractivity contribution in [1.29, 1.82) is 0 Å². The average Bonchev–Trinajstić information content (AvgIpc) is 3.04. The number of ether oxygens (including phenoxy) is 2. The summed E-state index contributed by atoms with van der Waals surface area (Å²) < 4.78 is 10.7. The smallest absolute Gasteiger partial charge is 0.337 e. The number of fused-ring (bicyclic) bond motifs is 1. The molecule has 0 N–H and O–H groups in total. The molecule has 1 aromatic heterocycles. The molecule has 1 aliphatic rings. The highest BCUT2D eigenvalue weighted by atomic mass is 32.1. The van der Waals surface area contributed by atoms with Crippen molar-refractivity contribution < 1.29 is 14.3 Å². The Bertz CT molecular complexity index is 772. The molecule has 0 saturated carbocycles. The Hall–Kier alpha value is -1.92. The van der Waals surface area contributed by atoms with Crippen molar-refractivity contribution in [2.45, 2.75) is 39.3 Å². The molecule has 1 aliphatic heterocycles. The molecule has 0 spiro atoms. The number of carbonyl (C=O) groups is 1. The third kappa shape index (κ3) is 3.85. The van der Waals surface area contributed by atoms with Crippen molar-refractivity contribution in [1.82, 2.24) is 9.88 Å². The number of thiazole rings is 1. The quantitative estimate of drug-likeness (QED) is 0.760. The van der Waals surface area contributed by atoms with E-state index in [0.717, 1.165) is 41.4 Å². The fourth-order valence-corrected chi connectivity index (χ4v) is 4.00. The third-order valence-electron chi connectivity index (χ3n) is 4.66. The monoisotopic (exact) mass is 360 g/mol. The second kappa shape index (κ2) is 7.54. The number of esters is 1. The zero-order valence-corrected chi connectivity index (χ0v) is 16.0. The maximum absolute atomic E-state index is 12.0. The van der Waals surface area contributed by atoms with Gasteiger partial charge >= 0.3 is 5.97 Å². The molecular formula is C19H24N2O3S. The van der Waals surface area contributed by atoms with Crippen molar-refractivity contribution in [3.05, 3.63) is 44.9 Å². The highest BCUT2D eigenvalue weighted by Gasteiger charge is 2.24. The van der Waals surface area contributed by atoms with Crippen LogP contribution in [0.1, 0.15) is 51.6 Å². The molecule has 0 saturated heterocycles. The molecule has 134 valence electrons. The molecule has 1 unspecified atom stereocenters. The molecule has 1 atom stereocenters. The van der Waals surface area contributed by atoms with Gasteiger partial charge in [-0.1, -0.05) is 0 Å². The highest BCUT2D eigenvalue weighted by Crippen LogP contribution is 2.35. The van der Waals surface area contributed by atoms with E-state index >= 15 is 0 Å².